The van der Waals surface area contributed by atoms with Gasteiger partial charge in [-0.15, -0.1) is 5.10 Å². The average molecular weight is 257 g/mol. The molecule has 0 amide bonds. The minimum Gasteiger partial charge on any atom is -0.244 e. The highest BCUT2D eigenvalue weighted by atomic mass is 79.9. The van der Waals surface area contributed by atoms with Crippen LogP contribution in [0.1, 0.15) is 5.69 Å². The summed E-state index contributed by atoms with van der Waals surface area (Å²) in [5, 5.41) is 7.36. The Balaban J connectivity index is 2.34. The molecular formula is C8H6BrFN4. The summed E-state index contributed by atoms with van der Waals surface area (Å²) in [6, 6.07) is 3.60. The van der Waals surface area contributed by atoms with E-state index < -0.39 is 6.67 Å². The van der Waals surface area contributed by atoms with Crippen LogP contribution in [-0.2, 0) is 6.67 Å². The summed E-state index contributed by atoms with van der Waals surface area (Å²) < 4.78 is 14.5. The van der Waals surface area contributed by atoms with Crippen molar-refractivity contribution in [3.63, 3.8) is 0 Å². The number of hydrogen-bond donors (Lipinski definition) is 0. The quantitative estimate of drug-likeness (QED) is 0.825. The molecule has 0 aliphatic rings. The van der Waals surface area contributed by atoms with Crippen LogP contribution in [0, 0.1) is 0 Å². The number of pyridine rings is 1. The Morgan fingerprint density at radius 3 is 2.86 bits per heavy atom. The van der Waals surface area contributed by atoms with Crippen LogP contribution in [-0.4, -0.2) is 20.0 Å². The van der Waals surface area contributed by atoms with Crippen molar-refractivity contribution in [2.75, 3.05) is 0 Å². The first-order valence-corrected chi connectivity index (χ1v) is 4.68. The third kappa shape index (κ3) is 1.79. The molecule has 0 bridgehead atoms. The van der Waals surface area contributed by atoms with Gasteiger partial charge in [0.05, 0.1) is 6.20 Å². The van der Waals surface area contributed by atoms with Gasteiger partial charge in [0, 0.05) is 10.7 Å². The monoisotopic (exact) mass is 256 g/mol. The molecular weight excluding hydrogens is 251 g/mol. The van der Waals surface area contributed by atoms with E-state index in [2.05, 4.69) is 31.2 Å². The zero-order valence-electron chi connectivity index (χ0n) is 7.06. The van der Waals surface area contributed by atoms with Crippen molar-refractivity contribution in [1.29, 1.82) is 0 Å². The maximum Gasteiger partial charge on any atom is 0.155 e. The molecule has 2 rings (SSSR count). The number of aromatic nitrogens is 4. The fourth-order valence-corrected chi connectivity index (χ4v) is 1.21. The smallest absolute Gasteiger partial charge is 0.155 e. The van der Waals surface area contributed by atoms with E-state index in [1.807, 2.05) is 6.07 Å². The van der Waals surface area contributed by atoms with Gasteiger partial charge in [0.15, 0.2) is 5.82 Å². The van der Waals surface area contributed by atoms with Gasteiger partial charge < -0.3 is 0 Å². The zero-order valence-corrected chi connectivity index (χ0v) is 8.65. The van der Waals surface area contributed by atoms with Crippen LogP contribution in [0.2, 0.25) is 0 Å². The molecule has 0 spiro atoms. The molecule has 2 aromatic heterocycles. The fourth-order valence-electron chi connectivity index (χ4n) is 0.975. The molecule has 0 aliphatic heterocycles. The molecule has 0 fully saturated rings. The summed E-state index contributed by atoms with van der Waals surface area (Å²) in [6.07, 6.45) is 3.16. The van der Waals surface area contributed by atoms with Crippen LogP contribution >= 0.6 is 15.9 Å². The van der Waals surface area contributed by atoms with E-state index in [0.29, 0.717) is 11.5 Å². The van der Waals surface area contributed by atoms with Gasteiger partial charge in [-0.25, -0.2) is 14.1 Å². The molecule has 0 aromatic carbocycles. The molecule has 0 aliphatic carbocycles. The van der Waals surface area contributed by atoms with Gasteiger partial charge in [0.25, 0.3) is 0 Å². The first-order valence-electron chi connectivity index (χ1n) is 3.89. The maximum absolute atomic E-state index is 12.2. The van der Waals surface area contributed by atoms with E-state index in [4.69, 9.17) is 0 Å². The summed E-state index contributed by atoms with van der Waals surface area (Å²) in [5.41, 5.74) is 0.301. The number of rotatable bonds is 2. The van der Waals surface area contributed by atoms with Gasteiger partial charge in [0.2, 0.25) is 0 Å². The largest absolute Gasteiger partial charge is 0.244 e. The van der Waals surface area contributed by atoms with Crippen molar-refractivity contribution < 1.29 is 4.39 Å². The molecule has 72 valence electrons. The van der Waals surface area contributed by atoms with Crippen LogP contribution in [0.4, 0.5) is 4.39 Å². The molecule has 0 unspecified atom stereocenters. The molecule has 6 heteroatoms. The molecule has 2 aromatic rings. The van der Waals surface area contributed by atoms with Crippen molar-refractivity contribution in [1.82, 2.24) is 20.0 Å². The first-order chi connectivity index (χ1) is 6.79. The molecule has 0 radical (unpaired) electrons. The minimum absolute atomic E-state index is 0.301. The lowest BCUT2D eigenvalue weighted by molar-refractivity contribution is 0.475. The maximum atomic E-state index is 12.2. The van der Waals surface area contributed by atoms with Crippen LogP contribution in [0.3, 0.4) is 0 Å². The summed E-state index contributed by atoms with van der Waals surface area (Å²) in [4.78, 5) is 4.09. The average Bonchev–Trinajstić information content (AvgIpc) is 2.67. The lowest BCUT2D eigenvalue weighted by atomic mass is 10.4. The molecule has 0 N–H and O–H groups in total. The van der Waals surface area contributed by atoms with Crippen molar-refractivity contribution in [3.8, 4) is 5.82 Å². The minimum atomic E-state index is -0.615. The first kappa shape index (κ1) is 9.26. The van der Waals surface area contributed by atoms with E-state index in [1.165, 1.54) is 10.9 Å². The van der Waals surface area contributed by atoms with Crippen molar-refractivity contribution in [2.45, 2.75) is 6.67 Å². The Labute approximate surface area is 87.9 Å². The summed E-state index contributed by atoms with van der Waals surface area (Å²) in [7, 11) is 0. The van der Waals surface area contributed by atoms with Crippen molar-refractivity contribution in [2.24, 2.45) is 0 Å². The molecule has 0 saturated carbocycles. The predicted molar refractivity (Wildman–Crippen MR) is 51.7 cm³/mol. The third-order valence-electron chi connectivity index (χ3n) is 1.62. The Kier molecular flexibility index (Phi) is 2.53. The summed E-state index contributed by atoms with van der Waals surface area (Å²) in [6.45, 7) is -0.615. The molecule has 14 heavy (non-hydrogen) atoms. The second-order valence-corrected chi connectivity index (χ2v) is 3.54. The van der Waals surface area contributed by atoms with Gasteiger partial charge in [0.1, 0.15) is 12.4 Å². The molecule has 2 heterocycles. The normalized spacial score (nSPS) is 10.4. The predicted octanol–water partition coefficient (Wildman–Crippen LogP) is 1.89. The van der Waals surface area contributed by atoms with Crippen LogP contribution in [0.15, 0.2) is 29.0 Å². The molecule has 0 atom stereocenters. The second-order valence-electron chi connectivity index (χ2n) is 2.62. The fraction of sp³-hybridized carbons (Fsp3) is 0.125. The Morgan fingerprint density at radius 1 is 1.43 bits per heavy atom. The molecule has 4 nitrogen and oxygen atoms in total. The number of hydrogen-bond acceptors (Lipinski definition) is 3. The van der Waals surface area contributed by atoms with Crippen molar-refractivity contribution in [3.05, 3.63) is 34.7 Å². The van der Waals surface area contributed by atoms with Crippen LogP contribution < -0.4 is 0 Å². The van der Waals surface area contributed by atoms with Crippen LogP contribution in [0.5, 0.6) is 0 Å². The van der Waals surface area contributed by atoms with Crippen LogP contribution in [0.25, 0.3) is 5.82 Å². The lowest BCUT2D eigenvalue weighted by Gasteiger charge is -1.97. The lowest BCUT2D eigenvalue weighted by Crippen LogP contribution is -1.97. The van der Waals surface area contributed by atoms with E-state index in [0.717, 1.165) is 4.47 Å². The van der Waals surface area contributed by atoms with E-state index in [-0.39, 0.29) is 0 Å². The standard InChI is InChI=1S/C8H6BrFN4/c9-6-1-2-8(11-4-6)14-5-7(3-10)12-13-14/h1-2,4-5H,3H2. The number of nitrogens with zero attached hydrogens (tertiary/aromatic N) is 4. The van der Waals surface area contributed by atoms with E-state index >= 15 is 0 Å². The van der Waals surface area contributed by atoms with E-state index in [1.54, 1.807) is 12.3 Å². The van der Waals surface area contributed by atoms with Gasteiger partial charge in [-0.2, -0.15) is 0 Å². The summed E-state index contributed by atoms with van der Waals surface area (Å²) >= 11 is 3.27. The molecule has 0 saturated heterocycles. The number of halogens is 2. The highest BCUT2D eigenvalue weighted by Gasteiger charge is 2.02. The SMILES string of the molecule is FCc1cn(-c2ccc(Br)cn2)nn1. The highest BCUT2D eigenvalue weighted by Crippen LogP contribution is 2.10. The topological polar surface area (TPSA) is 43.6 Å². The Bertz CT molecular complexity index is 425. The number of alkyl halides is 1. The van der Waals surface area contributed by atoms with Gasteiger partial charge in [-0.1, -0.05) is 5.21 Å². The van der Waals surface area contributed by atoms with Gasteiger partial charge in [-0.3, -0.25) is 0 Å². The third-order valence-corrected chi connectivity index (χ3v) is 2.09. The van der Waals surface area contributed by atoms with E-state index in [9.17, 15) is 4.39 Å². The van der Waals surface area contributed by atoms with Crippen molar-refractivity contribution >= 4 is 15.9 Å². The Hall–Kier alpha value is -1.30. The van der Waals surface area contributed by atoms with Gasteiger partial charge >= 0.3 is 0 Å². The summed E-state index contributed by atoms with van der Waals surface area (Å²) in [5.74, 6) is 0.611. The highest BCUT2D eigenvalue weighted by molar-refractivity contribution is 9.10. The zero-order chi connectivity index (χ0) is 9.97. The van der Waals surface area contributed by atoms with Gasteiger partial charge in [-0.05, 0) is 28.1 Å². The second kappa shape index (κ2) is 3.83. The Morgan fingerprint density at radius 2 is 2.29 bits per heavy atom.